The van der Waals surface area contributed by atoms with Gasteiger partial charge in [0.25, 0.3) is 0 Å². The summed E-state index contributed by atoms with van der Waals surface area (Å²) in [6.45, 7) is 0. The SMILES string of the molecule is O=C(Nc1cncc(-c2cnc3[nH]nc(-c4cc5c(-c6ccc(F)cc6)ccnc5[nH]4)c3c2)c1)C1CC1. The van der Waals surface area contributed by atoms with Crippen LogP contribution in [0, 0.1) is 11.7 Å². The summed E-state index contributed by atoms with van der Waals surface area (Å²) in [6.07, 6.45) is 8.76. The van der Waals surface area contributed by atoms with E-state index in [-0.39, 0.29) is 17.6 Å². The van der Waals surface area contributed by atoms with E-state index in [0.717, 1.165) is 51.6 Å². The van der Waals surface area contributed by atoms with Gasteiger partial charge in [0.05, 0.1) is 17.6 Å². The van der Waals surface area contributed by atoms with Crippen molar-refractivity contribution in [2.75, 3.05) is 5.32 Å². The van der Waals surface area contributed by atoms with Crippen LogP contribution in [0.2, 0.25) is 0 Å². The number of fused-ring (bicyclic) bond motifs is 2. The maximum atomic E-state index is 13.5. The number of carbonyl (C=O) groups excluding carboxylic acids is 1. The van der Waals surface area contributed by atoms with Crippen molar-refractivity contribution in [3.63, 3.8) is 0 Å². The summed E-state index contributed by atoms with van der Waals surface area (Å²) in [7, 11) is 0. The Kier molecular flexibility index (Phi) is 4.81. The Hall–Kier alpha value is -4.92. The summed E-state index contributed by atoms with van der Waals surface area (Å²) in [6, 6.07) is 14.2. The first-order chi connectivity index (χ1) is 18.1. The van der Waals surface area contributed by atoms with E-state index in [1.54, 1.807) is 36.9 Å². The zero-order valence-corrected chi connectivity index (χ0v) is 19.5. The van der Waals surface area contributed by atoms with Gasteiger partial charge in [-0.15, -0.1) is 0 Å². The molecule has 1 amide bonds. The Morgan fingerprint density at radius 2 is 1.73 bits per heavy atom. The Morgan fingerprint density at radius 1 is 0.892 bits per heavy atom. The molecule has 8 nitrogen and oxygen atoms in total. The first kappa shape index (κ1) is 21.4. The number of carbonyl (C=O) groups is 1. The zero-order valence-electron chi connectivity index (χ0n) is 19.5. The molecular weight excluding hydrogens is 469 g/mol. The van der Waals surface area contributed by atoms with Crippen molar-refractivity contribution in [1.82, 2.24) is 30.1 Å². The average molecular weight is 490 g/mol. The molecular formula is C28H20FN7O. The quantitative estimate of drug-likeness (QED) is 0.287. The molecule has 5 aromatic heterocycles. The number of hydrogen-bond acceptors (Lipinski definition) is 5. The van der Waals surface area contributed by atoms with Gasteiger partial charge in [-0.05, 0) is 60.4 Å². The number of anilines is 1. The molecule has 0 spiro atoms. The van der Waals surface area contributed by atoms with Crippen LogP contribution in [0.1, 0.15) is 12.8 Å². The molecule has 9 heteroatoms. The first-order valence-corrected chi connectivity index (χ1v) is 12.0. The second kappa shape index (κ2) is 8.34. The smallest absolute Gasteiger partial charge is 0.227 e. The van der Waals surface area contributed by atoms with Crippen molar-refractivity contribution >= 4 is 33.7 Å². The predicted molar refractivity (Wildman–Crippen MR) is 139 cm³/mol. The number of benzene rings is 1. The third kappa shape index (κ3) is 3.90. The van der Waals surface area contributed by atoms with Crippen molar-refractivity contribution < 1.29 is 9.18 Å². The van der Waals surface area contributed by atoms with Crippen molar-refractivity contribution in [2.24, 2.45) is 5.92 Å². The summed E-state index contributed by atoms with van der Waals surface area (Å²) < 4.78 is 13.5. The lowest BCUT2D eigenvalue weighted by atomic mass is 10.0. The van der Waals surface area contributed by atoms with Gasteiger partial charge in [0.15, 0.2) is 5.65 Å². The molecule has 6 aromatic rings. The largest absolute Gasteiger partial charge is 0.338 e. The molecule has 0 radical (unpaired) electrons. The third-order valence-corrected chi connectivity index (χ3v) is 6.65. The zero-order chi connectivity index (χ0) is 24.9. The Morgan fingerprint density at radius 3 is 2.57 bits per heavy atom. The van der Waals surface area contributed by atoms with Crippen molar-refractivity contribution in [1.29, 1.82) is 0 Å². The van der Waals surface area contributed by atoms with Gasteiger partial charge in [-0.25, -0.2) is 14.4 Å². The third-order valence-electron chi connectivity index (χ3n) is 6.65. The summed E-state index contributed by atoms with van der Waals surface area (Å²) in [5, 5.41) is 12.2. The van der Waals surface area contributed by atoms with Gasteiger partial charge in [-0.1, -0.05) is 12.1 Å². The van der Waals surface area contributed by atoms with Crippen LogP contribution >= 0.6 is 0 Å². The highest BCUT2D eigenvalue weighted by atomic mass is 19.1. The lowest BCUT2D eigenvalue weighted by Crippen LogP contribution is -2.13. The number of nitrogens with one attached hydrogen (secondary N) is 3. The average Bonchev–Trinajstić information content (AvgIpc) is 3.55. The molecule has 7 rings (SSSR count). The van der Waals surface area contributed by atoms with Crippen LogP contribution in [0.15, 0.2) is 73.3 Å². The second-order valence-electron chi connectivity index (χ2n) is 9.23. The monoisotopic (exact) mass is 489 g/mol. The topological polar surface area (TPSA) is 112 Å². The number of pyridine rings is 3. The Balaban J connectivity index is 1.28. The van der Waals surface area contributed by atoms with Gasteiger partial charge in [0.2, 0.25) is 5.91 Å². The van der Waals surface area contributed by atoms with Crippen LogP contribution in [-0.2, 0) is 4.79 Å². The Bertz CT molecular complexity index is 1800. The van der Waals surface area contributed by atoms with Gasteiger partial charge in [0, 0.05) is 46.4 Å². The Labute approximate surface area is 210 Å². The van der Waals surface area contributed by atoms with E-state index in [4.69, 9.17) is 0 Å². The van der Waals surface area contributed by atoms with E-state index >= 15 is 0 Å². The van der Waals surface area contributed by atoms with E-state index < -0.39 is 0 Å². The van der Waals surface area contributed by atoms with Gasteiger partial charge < -0.3 is 10.3 Å². The fourth-order valence-electron chi connectivity index (χ4n) is 4.56. The molecule has 37 heavy (non-hydrogen) atoms. The van der Waals surface area contributed by atoms with E-state index in [9.17, 15) is 9.18 Å². The molecule has 0 unspecified atom stereocenters. The fraction of sp³-hybridized carbons (Fsp3) is 0.107. The number of aromatic amines is 2. The minimum absolute atomic E-state index is 0.0390. The van der Waals surface area contributed by atoms with Crippen molar-refractivity contribution in [3.8, 4) is 33.6 Å². The van der Waals surface area contributed by atoms with Gasteiger partial charge in [0.1, 0.15) is 17.2 Å². The maximum absolute atomic E-state index is 13.5. The highest BCUT2D eigenvalue weighted by Crippen LogP contribution is 2.35. The van der Waals surface area contributed by atoms with Gasteiger partial charge in [-0.2, -0.15) is 5.10 Å². The normalized spacial score (nSPS) is 13.3. The highest BCUT2D eigenvalue weighted by Gasteiger charge is 2.29. The fourth-order valence-corrected chi connectivity index (χ4v) is 4.56. The number of amides is 1. The van der Waals surface area contributed by atoms with Crippen LogP contribution in [-0.4, -0.2) is 36.0 Å². The molecule has 5 heterocycles. The molecule has 1 fully saturated rings. The molecule has 1 aliphatic rings. The van der Waals surface area contributed by atoms with E-state index in [1.807, 2.05) is 24.3 Å². The van der Waals surface area contributed by atoms with E-state index in [0.29, 0.717) is 22.7 Å². The van der Waals surface area contributed by atoms with Crippen LogP contribution < -0.4 is 5.32 Å². The lowest BCUT2D eigenvalue weighted by molar-refractivity contribution is -0.117. The summed E-state index contributed by atoms with van der Waals surface area (Å²) in [5.41, 5.74) is 7.05. The van der Waals surface area contributed by atoms with Crippen molar-refractivity contribution in [3.05, 3.63) is 79.1 Å². The first-order valence-electron chi connectivity index (χ1n) is 12.0. The van der Waals surface area contributed by atoms with Crippen LogP contribution in [0.3, 0.4) is 0 Å². The van der Waals surface area contributed by atoms with Gasteiger partial charge >= 0.3 is 0 Å². The number of rotatable bonds is 5. The van der Waals surface area contributed by atoms with E-state index in [1.165, 1.54) is 12.1 Å². The molecule has 1 saturated carbocycles. The molecule has 1 aromatic carbocycles. The number of aromatic nitrogens is 6. The van der Waals surface area contributed by atoms with Crippen LogP contribution in [0.5, 0.6) is 0 Å². The molecule has 0 aliphatic heterocycles. The number of hydrogen-bond donors (Lipinski definition) is 3. The molecule has 0 saturated heterocycles. The maximum Gasteiger partial charge on any atom is 0.227 e. The number of H-pyrrole nitrogens is 2. The summed E-state index contributed by atoms with van der Waals surface area (Å²) >= 11 is 0. The standard InChI is InChI=1S/C28H20FN7O/c29-19-5-3-15(4-6-19)21-7-8-31-26-22(21)11-24(34-26)25-23-10-18(13-32-27(23)36-35-25)17-9-20(14-30-12-17)33-28(37)16-1-2-16/h3-14,16H,1-2H2,(H,31,34)(H,33,37)(H,32,35,36). The predicted octanol–water partition coefficient (Wildman–Crippen LogP) is 5.72. The van der Waals surface area contributed by atoms with Crippen molar-refractivity contribution in [2.45, 2.75) is 12.8 Å². The summed E-state index contributed by atoms with van der Waals surface area (Å²) in [5.74, 6) is -0.122. The van der Waals surface area contributed by atoms with Crippen LogP contribution in [0.25, 0.3) is 55.7 Å². The lowest BCUT2D eigenvalue weighted by Gasteiger charge is -2.07. The molecule has 3 N–H and O–H groups in total. The molecule has 0 atom stereocenters. The molecule has 0 bridgehead atoms. The van der Waals surface area contributed by atoms with E-state index in [2.05, 4.69) is 35.5 Å². The van der Waals surface area contributed by atoms with Crippen LogP contribution in [0.4, 0.5) is 10.1 Å². The summed E-state index contributed by atoms with van der Waals surface area (Å²) in [4.78, 5) is 28.9. The molecule has 180 valence electrons. The highest BCUT2D eigenvalue weighted by molar-refractivity contribution is 6.00. The second-order valence-corrected chi connectivity index (χ2v) is 9.23. The minimum Gasteiger partial charge on any atom is -0.338 e. The number of halogens is 1. The number of nitrogens with zero attached hydrogens (tertiary/aromatic N) is 4. The van der Waals surface area contributed by atoms with Gasteiger partial charge in [-0.3, -0.25) is 14.9 Å². The molecule has 1 aliphatic carbocycles. The minimum atomic E-state index is -0.277.